The maximum absolute atomic E-state index is 15.6. The molecule has 3 aromatic rings. The highest BCUT2D eigenvalue weighted by atomic mass is 32.1. The molecule has 2 aromatic carbocycles. The fourth-order valence-electron chi connectivity index (χ4n) is 5.84. The molecule has 0 radical (unpaired) electrons. The molecule has 9 nitrogen and oxygen atoms in total. The van der Waals surface area contributed by atoms with Gasteiger partial charge in [-0.1, -0.05) is 18.2 Å². The van der Waals surface area contributed by atoms with Crippen molar-refractivity contribution in [2.45, 2.75) is 49.7 Å². The van der Waals surface area contributed by atoms with Gasteiger partial charge in [0.25, 0.3) is 11.8 Å². The molecule has 1 atom stereocenters. The zero-order valence-electron chi connectivity index (χ0n) is 21.1. The van der Waals surface area contributed by atoms with E-state index < -0.39 is 29.9 Å². The second-order valence-electron chi connectivity index (χ2n) is 10.4. The number of carbonyl (C=O) groups excluding carboxylic acids is 2. The molecule has 4 N–H and O–H groups in total. The first-order valence-electron chi connectivity index (χ1n) is 12.9. The third-order valence-corrected chi connectivity index (χ3v) is 8.82. The van der Waals surface area contributed by atoms with Crippen LogP contribution in [-0.4, -0.2) is 63.3 Å². The van der Waals surface area contributed by atoms with Crippen LogP contribution in [0.25, 0.3) is 11.1 Å². The van der Waals surface area contributed by atoms with Crippen LogP contribution < -0.4 is 21.1 Å². The molecule has 2 saturated heterocycles. The Kier molecular flexibility index (Phi) is 6.17. The molecule has 0 aliphatic carbocycles. The largest absolute Gasteiger partial charge is 0.481 e. The Morgan fingerprint density at radius 1 is 1.05 bits per heavy atom. The molecule has 4 heterocycles. The van der Waals surface area contributed by atoms with Crippen molar-refractivity contribution in [3.05, 3.63) is 53.6 Å². The number of alkyl halides is 2. The lowest BCUT2D eigenvalue weighted by atomic mass is 9.79. The summed E-state index contributed by atoms with van der Waals surface area (Å²) in [5.41, 5.74) is 11.9. The van der Waals surface area contributed by atoms with Crippen LogP contribution in [0.1, 0.15) is 41.6 Å². The van der Waals surface area contributed by atoms with Gasteiger partial charge in [-0.15, -0.1) is 0 Å². The number of hydrogen-bond donors (Lipinski definition) is 2. The van der Waals surface area contributed by atoms with Crippen molar-refractivity contribution < 1.29 is 23.1 Å². The molecule has 2 fully saturated rings. The summed E-state index contributed by atoms with van der Waals surface area (Å²) in [5, 5.41) is 0.632. The number of halogens is 2. The van der Waals surface area contributed by atoms with E-state index in [9.17, 15) is 9.59 Å². The number of anilines is 2. The average Bonchev–Trinajstić information content (AvgIpc) is 3.59. The lowest BCUT2D eigenvalue weighted by molar-refractivity contribution is -0.185. The predicted molar refractivity (Wildman–Crippen MR) is 143 cm³/mol. The van der Waals surface area contributed by atoms with Crippen molar-refractivity contribution in [1.29, 1.82) is 0 Å². The Bertz CT molecular complexity index is 1420. The van der Waals surface area contributed by atoms with Crippen LogP contribution in [-0.2, 0) is 11.2 Å². The Morgan fingerprint density at radius 2 is 1.77 bits per heavy atom. The fraction of sp³-hybridized carbons (Fsp3) is 0.407. The highest BCUT2D eigenvalue weighted by Gasteiger charge is 2.59. The van der Waals surface area contributed by atoms with Gasteiger partial charge in [-0.25, -0.2) is 8.78 Å². The number of carbonyl (C=O) groups is 2. The number of nitrogen functional groups attached to an aromatic ring is 1. The number of aromatic nitrogens is 2. The average molecular weight is 555 g/mol. The van der Waals surface area contributed by atoms with Gasteiger partial charge in [0, 0.05) is 61.6 Å². The summed E-state index contributed by atoms with van der Waals surface area (Å²) < 4.78 is 41.3. The maximum atomic E-state index is 15.6. The van der Waals surface area contributed by atoms with Crippen molar-refractivity contribution in [3.8, 4) is 16.9 Å². The summed E-state index contributed by atoms with van der Waals surface area (Å²) >= 11 is 1.16. The summed E-state index contributed by atoms with van der Waals surface area (Å²) in [6.07, 6.45) is 1.20. The van der Waals surface area contributed by atoms with E-state index in [1.165, 1.54) is 4.90 Å². The quantitative estimate of drug-likeness (QED) is 0.505. The van der Waals surface area contributed by atoms with Crippen molar-refractivity contribution in [1.82, 2.24) is 14.3 Å². The standard InChI is InChI=1S/C27H28F2N6O3S/c28-27(29)15-19-14-18(16-3-5-17(6-4-16)23(37)35-11-1-2-20(35)22(30)36)7-8-21(19)38-26(27)9-12-34(13-10-26)25-32-24(31)33-39-25/h3-8,14,20H,1-2,9-13,15H2,(H2,30,36)(H2,31,33)/t20-/m0/s1. The molecule has 0 bridgehead atoms. The number of piperidine rings is 1. The Balaban J connectivity index is 1.18. The third kappa shape index (κ3) is 4.46. The minimum absolute atomic E-state index is 0.157. The SMILES string of the molecule is NC(=O)[C@@H]1CCCN1C(=O)c1ccc(-c2ccc3c(c2)CC(F)(F)C2(CCN(c4nc(N)ns4)CC2)O3)cc1. The van der Waals surface area contributed by atoms with Crippen LogP contribution in [0.5, 0.6) is 5.75 Å². The summed E-state index contributed by atoms with van der Waals surface area (Å²) in [5.74, 6) is -3.14. The minimum atomic E-state index is -3.05. The predicted octanol–water partition coefficient (Wildman–Crippen LogP) is 3.49. The molecule has 3 aliphatic rings. The van der Waals surface area contributed by atoms with Crippen molar-refractivity contribution in [2.24, 2.45) is 5.73 Å². The van der Waals surface area contributed by atoms with E-state index in [4.69, 9.17) is 16.2 Å². The van der Waals surface area contributed by atoms with Crippen LogP contribution in [0.3, 0.4) is 0 Å². The number of benzene rings is 2. The van der Waals surface area contributed by atoms with Crippen molar-refractivity contribution in [2.75, 3.05) is 30.3 Å². The van der Waals surface area contributed by atoms with E-state index in [-0.39, 0.29) is 24.7 Å². The normalized spacial score (nSPS) is 21.4. The van der Waals surface area contributed by atoms with E-state index in [2.05, 4.69) is 9.36 Å². The third-order valence-electron chi connectivity index (χ3n) is 8.02. The van der Waals surface area contributed by atoms with Gasteiger partial charge in [0.1, 0.15) is 11.8 Å². The van der Waals surface area contributed by atoms with E-state index in [0.717, 1.165) is 29.1 Å². The fourth-order valence-corrected chi connectivity index (χ4v) is 6.49. The Morgan fingerprint density at radius 3 is 2.44 bits per heavy atom. The molecule has 204 valence electrons. The van der Waals surface area contributed by atoms with Gasteiger partial charge in [0.2, 0.25) is 17.0 Å². The molecule has 6 rings (SSSR count). The molecular formula is C27H28F2N6O3S. The van der Waals surface area contributed by atoms with Crippen molar-refractivity contribution >= 4 is 34.4 Å². The van der Waals surface area contributed by atoms with Crippen molar-refractivity contribution in [3.63, 3.8) is 0 Å². The van der Waals surface area contributed by atoms with E-state index in [0.29, 0.717) is 48.1 Å². The summed E-state index contributed by atoms with van der Waals surface area (Å²) in [4.78, 5) is 32.2. The van der Waals surface area contributed by atoms with Gasteiger partial charge in [0.15, 0.2) is 5.60 Å². The van der Waals surface area contributed by atoms with Crippen LogP contribution in [0.4, 0.5) is 19.9 Å². The molecular weight excluding hydrogens is 526 g/mol. The van der Waals surface area contributed by atoms with Crippen LogP contribution in [0.15, 0.2) is 42.5 Å². The summed E-state index contributed by atoms with van der Waals surface area (Å²) in [7, 11) is 0. The monoisotopic (exact) mass is 554 g/mol. The number of ether oxygens (including phenoxy) is 1. The number of rotatable bonds is 4. The molecule has 0 unspecified atom stereocenters. The topological polar surface area (TPSA) is 128 Å². The van der Waals surface area contributed by atoms with Crippen LogP contribution in [0, 0.1) is 0 Å². The molecule has 3 aliphatic heterocycles. The number of likely N-dealkylation sites (tertiary alicyclic amines) is 1. The first-order valence-corrected chi connectivity index (χ1v) is 13.7. The number of hydrogen-bond acceptors (Lipinski definition) is 8. The molecule has 2 amide bonds. The Labute approximate surface area is 227 Å². The smallest absolute Gasteiger partial charge is 0.291 e. The zero-order chi connectivity index (χ0) is 27.4. The summed E-state index contributed by atoms with van der Waals surface area (Å²) in [6.45, 7) is 1.24. The second kappa shape index (κ2) is 9.44. The van der Waals surface area contributed by atoms with Crippen LogP contribution in [0.2, 0.25) is 0 Å². The number of fused-ring (bicyclic) bond motifs is 1. The molecule has 12 heteroatoms. The van der Waals surface area contributed by atoms with Gasteiger partial charge < -0.3 is 26.0 Å². The minimum Gasteiger partial charge on any atom is -0.481 e. The Hall–Kier alpha value is -3.80. The number of primary amides is 1. The second-order valence-corrected chi connectivity index (χ2v) is 11.1. The van der Waals surface area contributed by atoms with E-state index in [1.54, 1.807) is 36.4 Å². The van der Waals surface area contributed by atoms with Gasteiger partial charge >= 0.3 is 0 Å². The van der Waals surface area contributed by atoms with Gasteiger partial charge in [-0.3, -0.25) is 9.59 Å². The zero-order valence-corrected chi connectivity index (χ0v) is 21.9. The first-order chi connectivity index (χ1) is 18.7. The van der Waals surface area contributed by atoms with Gasteiger partial charge in [-0.05, 0) is 48.2 Å². The van der Waals surface area contributed by atoms with E-state index in [1.807, 2.05) is 11.0 Å². The molecule has 39 heavy (non-hydrogen) atoms. The molecule has 1 spiro atoms. The number of nitrogens with two attached hydrogens (primary N) is 2. The highest BCUT2D eigenvalue weighted by Crippen LogP contribution is 2.49. The number of amides is 2. The lowest BCUT2D eigenvalue weighted by Crippen LogP contribution is -2.61. The summed E-state index contributed by atoms with van der Waals surface area (Å²) in [6, 6.07) is 11.7. The molecule has 1 aromatic heterocycles. The lowest BCUT2D eigenvalue weighted by Gasteiger charge is -2.48. The van der Waals surface area contributed by atoms with Crippen LogP contribution >= 0.6 is 11.5 Å². The number of nitrogens with zero attached hydrogens (tertiary/aromatic N) is 4. The first kappa shape index (κ1) is 25.5. The van der Waals surface area contributed by atoms with Gasteiger partial charge in [-0.2, -0.15) is 9.36 Å². The van der Waals surface area contributed by atoms with Gasteiger partial charge in [0.05, 0.1) is 0 Å². The highest BCUT2D eigenvalue weighted by molar-refractivity contribution is 7.09. The van der Waals surface area contributed by atoms with E-state index >= 15 is 8.78 Å². The maximum Gasteiger partial charge on any atom is 0.291 e. The molecule has 0 saturated carbocycles.